The molecule has 0 atom stereocenters. The first kappa shape index (κ1) is 18.5. The van der Waals surface area contributed by atoms with E-state index in [9.17, 15) is 0 Å². The number of aryl methyl sites for hydroxylation is 2. The van der Waals surface area contributed by atoms with Crippen LogP contribution in [0.2, 0.25) is 5.02 Å². The maximum Gasteiger partial charge on any atom is 0.122 e. The number of para-hydroxylation sites is 1. The van der Waals surface area contributed by atoms with E-state index in [2.05, 4.69) is 36.6 Å². The topological polar surface area (TPSA) is 27.1 Å². The molecule has 0 N–H and O–H groups in total. The van der Waals surface area contributed by atoms with Crippen LogP contribution < -0.4 is 4.74 Å². The van der Waals surface area contributed by atoms with Crippen LogP contribution in [0, 0.1) is 5.92 Å². The molecule has 2 aromatic carbocycles. The lowest BCUT2D eigenvalue weighted by Crippen LogP contribution is -2.08. The fourth-order valence-corrected chi connectivity index (χ4v) is 3.42. The van der Waals surface area contributed by atoms with Crippen LogP contribution in [0.25, 0.3) is 11.3 Å². The predicted molar refractivity (Wildman–Crippen MR) is 108 cm³/mol. The van der Waals surface area contributed by atoms with E-state index in [4.69, 9.17) is 21.3 Å². The Hall–Kier alpha value is -2.26. The molecular weight excluding hydrogens is 344 g/mol. The summed E-state index contributed by atoms with van der Waals surface area (Å²) in [5.74, 6) is 1.49. The van der Waals surface area contributed by atoms with Crippen molar-refractivity contribution in [3.63, 3.8) is 0 Å². The Bertz CT molecular complexity index is 870. The Morgan fingerprint density at radius 1 is 1.12 bits per heavy atom. The van der Waals surface area contributed by atoms with Gasteiger partial charge in [-0.25, -0.2) is 4.98 Å². The molecule has 0 saturated carbocycles. The Morgan fingerprint density at radius 3 is 2.65 bits per heavy atom. The summed E-state index contributed by atoms with van der Waals surface area (Å²) >= 11 is 6.19. The highest BCUT2D eigenvalue weighted by molar-refractivity contribution is 6.30. The zero-order valence-electron chi connectivity index (χ0n) is 15.6. The van der Waals surface area contributed by atoms with Crippen molar-refractivity contribution in [1.82, 2.24) is 9.55 Å². The molecule has 26 heavy (non-hydrogen) atoms. The standard InChI is InChI=1S/C22H25ClN2O/c1-16(2)13-20-22(18-8-6-9-19(23)14-18)24-15-25(20)12-11-17-7-4-5-10-21(17)26-3/h4-10,14-16H,11-13H2,1-3H3. The summed E-state index contributed by atoms with van der Waals surface area (Å²) in [6.07, 6.45) is 3.83. The third-order valence-electron chi connectivity index (χ3n) is 4.46. The van der Waals surface area contributed by atoms with Crippen molar-refractivity contribution in [1.29, 1.82) is 0 Å². The van der Waals surface area contributed by atoms with Crippen LogP contribution >= 0.6 is 11.6 Å². The Kier molecular flexibility index (Phi) is 6.00. The third kappa shape index (κ3) is 4.28. The van der Waals surface area contributed by atoms with Crippen molar-refractivity contribution in [3.8, 4) is 17.0 Å². The number of nitrogens with zero attached hydrogens (tertiary/aromatic N) is 2. The van der Waals surface area contributed by atoms with Gasteiger partial charge in [0.15, 0.2) is 0 Å². The molecular formula is C22H25ClN2O. The van der Waals surface area contributed by atoms with Crippen molar-refractivity contribution < 1.29 is 4.74 Å². The highest BCUT2D eigenvalue weighted by Crippen LogP contribution is 2.27. The number of hydrogen-bond donors (Lipinski definition) is 0. The Labute approximate surface area is 160 Å². The smallest absolute Gasteiger partial charge is 0.122 e. The summed E-state index contributed by atoms with van der Waals surface area (Å²) in [7, 11) is 1.72. The third-order valence-corrected chi connectivity index (χ3v) is 4.70. The van der Waals surface area contributed by atoms with E-state index in [1.165, 1.54) is 11.3 Å². The SMILES string of the molecule is COc1ccccc1CCn1cnc(-c2cccc(Cl)c2)c1CC(C)C. The van der Waals surface area contributed by atoms with E-state index in [-0.39, 0.29) is 0 Å². The van der Waals surface area contributed by atoms with Gasteiger partial charge in [-0.05, 0) is 42.5 Å². The van der Waals surface area contributed by atoms with Crippen LogP contribution in [0.4, 0.5) is 0 Å². The van der Waals surface area contributed by atoms with Gasteiger partial charge in [-0.15, -0.1) is 0 Å². The molecule has 0 unspecified atom stereocenters. The number of rotatable bonds is 7. The van der Waals surface area contributed by atoms with Gasteiger partial charge in [0.1, 0.15) is 5.75 Å². The molecule has 3 aromatic rings. The largest absolute Gasteiger partial charge is 0.496 e. The van der Waals surface area contributed by atoms with Gasteiger partial charge in [-0.1, -0.05) is 55.8 Å². The van der Waals surface area contributed by atoms with E-state index >= 15 is 0 Å². The number of hydrogen-bond acceptors (Lipinski definition) is 2. The summed E-state index contributed by atoms with van der Waals surface area (Å²) < 4.78 is 7.74. The zero-order valence-corrected chi connectivity index (χ0v) is 16.3. The lowest BCUT2D eigenvalue weighted by molar-refractivity contribution is 0.408. The van der Waals surface area contributed by atoms with Crippen molar-refractivity contribution in [2.45, 2.75) is 33.2 Å². The summed E-state index contributed by atoms with van der Waals surface area (Å²) in [6.45, 7) is 5.34. The second-order valence-electron chi connectivity index (χ2n) is 6.90. The van der Waals surface area contributed by atoms with Crippen LogP contribution in [-0.2, 0) is 19.4 Å². The highest BCUT2D eigenvalue weighted by atomic mass is 35.5. The summed E-state index contributed by atoms with van der Waals surface area (Å²) in [5.41, 5.74) is 4.58. The van der Waals surface area contributed by atoms with Gasteiger partial charge in [-0.3, -0.25) is 0 Å². The molecule has 3 nitrogen and oxygen atoms in total. The summed E-state index contributed by atoms with van der Waals surface area (Å²) in [5, 5.41) is 0.738. The second kappa shape index (κ2) is 8.41. The van der Waals surface area contributed by atoms with Gasteiger partial charge >= 0.3 is 0 Å². The molecule has 0 aliphatic heterocycles. The van der Waals surface area contributed by atoms with Gasteiger partial charge < -0.3 is 9.30 Å². The first-order chi connectivity index (χ1) is 12.6. The van der Waals surface area contributed by atoms with Gasteiger partial charge in [0.2, 0.25) is 0 Å². The van der Waals surface area contributed by atoms with Crippen LogP contribution in [0.5, 0.6) is 5.75 Å². The van der Waals surface area contributed by atoms with Crippen LogP contribution in [0.3, 0.4) is 0 Å². The van der Waals surface area contributed by atoms with E-state index in [1.54, 1.807) is 7.11 Å². The zero-order chi connectivity index (χ0) is 18.5. The molecule has 0 radical (unpaired) electrons. The van der Waals surface area contributed by atoms with E-state index in [0.717, 1.165) is 41.4 Å². The molecule has 0 spiro atoms. The van der Waals surface area contributed by atoms with Gasteiger partial charge in [-0.2, -0.15) is 0 Å². The highest BCUT2D eigenvalue weighted by Gasteiger charge is 2.15. The number of methoxy groups -OCH3 is 1. The van der Waals surface area contributed by atoms with Gasteiger partial charge in [0.25, 0.3) is 0 Å². The second-order valence-corrected chi connectivity index (χ2v) is 7.34. The molecule has 0 aliphatic rings. The van der Waals surface area contributed by atoms with E-state index in [1.807, 2.05) is 36.7 Å². The van der Waals surface area contributed by atoms with Crippen LogP contribution in [0.15, 0.2) is 54.9 Å². The number of imidazole rings is 1. The minimum absolute atomic E-state index is 0.551. The average molecular weight is 369 g/mol. The summed E-state index contributed by atoms with van der Waals surface area (Å²) in [4.78, 5) is 4.71. The lowest BCUT2D eigenvalue weighted by atomic mass is 10.0. The van der Waals surface area contributed by atoms with Crippen molar-refractivity contribution in [3.05, 3.63) is 71.1 Å². The molecule has 136 valence electrons. The maximum atomic E-state index is 6.19. The molecule has 0 fully saturated rings. The summed E-state index contributed by atoms with van der Waals surface area (Å²) in [6, 6.07) is 16.1. The number of halogens is 1. The minimum Gasteiger partial charge on any atom is -0.496 e. The Balaban J connectivity index is 1.89. The number of benzene rings is 2. The van der Waals surface area contributed by atoms with Crippen LogP contribution in [-0.4, -0.2) is 16.7 Å². The van der Waals surface area contributed by atoms with E-state index in [0.29, 0.717) is 5.92 Å². The molecule has 3 rings (SSSR count). The molecule has 0 aliphatic carbocycles. The molecule has 4 heteroatoms. The first-order valence-corrected chi connectivity index (χ1v) is 9.38. The number of aromatic nitrogens is 2. The fraction of sp³-hybridized carbons (Fsp3) is 0.318. The lowest BCUT2D eigenvalue weighted by Gasteiger charge is -2.14. The van der Waals surface area contributed by atoms with Crippen LogP contribution in [0.1, 0.15) is 25.1 Å². The molecule has 0 saturated heterocycles. The molecule has 1 aromatic heterocycles. The first-order valence-electron chi connectivity index (χ1n) is 9.00. The average Bonchev–Trinajstić information content (AvgIpc) is 3.02. The monoisotopic (exact) mass is 368 g/mol. The molecule has 1 heterocycles. The number of ether oxygens (including phenoxy) is 1. The van der Waals surface area contributed by atoms with Crippen molar-refractivity contribution in [2.24, 2.45) is 5.92 Å². The fourth-order valence-electron chi connectivity index (χ4n) is 3.23. The Morgan fingerprint density at radius 2 is 1.92 bits per heavy atom. The minimum atomic E-state index is 0.551. The van der Waals surface area contributed by atoms with Gasteiger partial charge in [0.05, 0.1) is 19.1 Å². The normalized spacial score (nSPS) is 11.1. The van der Waals surface area contributed by atoms with E-state index < -0.39 is 0 Å². The quantitative estimate of drug-likeness (QED) is 0.538. The molecule has 0 bridgehead atoms. The van der Waals surface area contributed by atoms with Gasteiger partial charge in [0, 0.05) is 22.8 Å². The maximum absolute atomic E-state index is 6.19. The molecule has 0 amide bonds. The van der Waals surface area contributed by atoms with Crippen molar-refractivity contribution >= 4 is 11.6 Å². The van der Waals surface area contributed by atoms with Crippen molar-refractivity contribution in [2.75, 3.05) is 7.11 Å². The predicted octanol–water partition coefficient (Wildman–Crippen LogP) is 5.65.